The molecule has 0 saturated carbocycles. The van der Waals surface area contributed by atoms with Gasteiger partial charge in [-0.05, 0) is 143 Å². The van der Waals surface area contributed by atoms with E-state index in [-0.39, 0.29) is 50.1 Å². The number of carboxylic acid groups (broad SMARTS) is 2. The zero-order valence-electron chi connectivity index (χ0n) is 63.4. The highest BCUT2D eigenvalue weighted by molar-refractivity contribution is 6.01. The third-order valence-electron chi connectivity index (χ3n) is 20.7. The molecular weight excluding hydrogens is 1430 g/mol. The summed E-state index contributed by atoms with van der Waals surface area (Å²) in [6.45, 7) is 7.21. The molecule has 0 aliphatic carbocycles. The number of pyridine rings is 1. The molecule has 1 aliphatic heterocycles. The van der Waals surface area contributed by atoms with E-state index in [4.69, 9.17) is 10.5 Å². The van der Waals surface area contributed by atoms with Crippen molar-refractivity contribution >= 4 is 76.3 Å². The van der Waals surface area contributed by atoms with Gasteiger partial charge in [-0.25, -0.2) is 9.37 Å². The Bertz CT molecular complexity index is 4320. The number of hydrogen-bond donors (Lipinski definition) is 11. The van der Waals surface area contributed by atoms with Crippen molar-refractivity contribution in [3.63, 3.8) is 0 Å². The number of primary amides is 1. The number of nitrogens with one attached hydrogen (secondary N) is 5. The maximum absolute atomic E-state index is 15.6. The monoisotopic (exact) mass is 1530 g/mol. The second kappa shape index (κ2) is 40.6. The molecule has 11 atom stereocenters. The third-order valence-corrected chi connectivity index (χ3v) is 20.7. The number of imidazole rings is 1. The molecule has 0 spiro atoms. The Morgan fingerprint density at radius 2 is 1.36 bits per heavy atom. The Hall–Kier alpha value is -11.0. The molecule has 2 aromatic heterocycles. The summed E-state index contributed by atoms with van der Waals surface area (Å²) < 4.78 is 21.0. The van der Waals surface area contributed by atoms with E-state index < -0.39 is 206 Å². The lowest BCUT2D eigenvalue weighted by Gasteiger charge is -2.35. The molecule has 0 bridgehead atoms. The Labute approximate surface area is 642 Å². The van der Waals surface area contributed by atoms with Gasteiger partial charge in [-0.15, -0.1) is 0 Å². The van der Waals surface area contributed by atoms with Crippen molar-refractivity contribution in [3.05, 3.63) is 161 Å². The van der Waals surface area contributed by atoms with Crippen LogP contribution >= 0.6 is 0 Å². The standard InChI is InChI=1S/C82H100FN9O19/c1-8-52-34-60(111-7)25-26-62(52)53-21-18-50(19-22-53)33-67(69(97)35-56(76(84)106)32-51-20-27-66(86-42-51)61-16-11-9-14-47(61)2)89-78(108)57(38-75(104)105)36-70(98)68(45-93)90-79(109)64(49(4)95)40-71(99)81(5,41-55-15-10-12-17-65(55)83)91-80(110)63(48(3)94)39-59(96)44-87-77(107)54(23-29-74(102)103)37-72(100)82(6)30-13-31-92(82)73(101)28-24-58-43-85-46-88-58/h9-12,14-22,25-27,34,42-43,46,48-49,54,56-57,63-64,67-68,93-95H,8,13,23-24,28-33,35-41,44-45H2,1-7H3,(H2,84,106)(H,85,88)(H,87,107)(H,89,108)(H,90,109)(H,91,110)(H,102,103)(H,104,105)/t48-,49-,54-,56-,57+,63+,64+,67+,68+,81?,82?/m1/s1. The Balaban J connectivity index is 1.05. The zero-order valence-corrected chi connectivity index (χ0v) is 63.4. The molecule has 28 nitrogen and oxygen atoms in total. The van der Waals surface area contributed by atoms with Crippen LogP contribution in [0.4, 0.5) is 4.39 Å². The van der Waals surface area contributed by atoms with Gasteiger partial charge in [-0.3, -0.25) is 67.3 Å². The van der Waals surface area contributed by atoms with Gasteiger partial charge < -0.3 is 67.2 Å². The number of ketones is 5. The number of benzene rings is 4. The van der Waals surface area contributed by atoms with Crippen molar-refractivity contribution in [1.82, 2.24) is 41.1 Å². The van der Waals surface area contributed by atoms with Gasteiger partial charge in [0.25, 0.3) is 0 Å². The largest absolute Gasteiger partial charge is 0.497 e. The molecular formula is C82H100FN9O19. The summed E-state index contributed by atoms with van der Waals surface area (Å²) in [6, 6.07) is 25.6. The summed E-state index contributed by atoms with van der Waals surface area (Å²) in [6.07, 6.45) is -3.55. The highest BCUT2D eigenvalue weighted by Gasteiger charge is 2.47. The van der Waals surface area contributed by atoms with Crippen molar-refractivity contribution < 1.29 is 97.0 Å². The summed E-state index contributed by atoms with van der Waals surface area (Å²) >= 11 is 0. The number of Topliss-reactive ketones (excluding diaryl/α,β-unsaturated/α-hetero) is 5. The number of aromatic amines is 1. The number of rotatable bonds is 45. The van der Waals surface area contributed by atoms with Crippen LogP contribution in [0.25, 0.3) is 22.4 Å². The van der Waals surface area contributed by atoms with E-state index in [2.05, 4.69) is 36.2 Å². The van der Waals surface area contributed by atoms with E-state index in [0.717, 1.165) is 54.7 Å². The van der Waals surface area contributed by atoms with Crippen LogP contribution in [-0.4, -0.2) is 184 Å². The number of aliphatic hydroxyl groups is 3. The summed E-state index contributed by atoms with van der Waals surface area (Å²) in [7, 11) is 1.56. The molecule has 6 aromatic rings. The fourth-order valence-corrected chi connectivity index (χ4v) is 13.9. The van der Waals surface area contributed by atoms with Crippen molar-refractivity contribution in [2.24, 2.45) is 35.3 Å². The van der Waals surface area contributed by atoms with Crippen LogP contribution in [0.3, 0.4) is 0 Å². The molecule has 1 fully saturated rings. The average molecular weight is 1530 g/mol. The SMILES string of the molecule is CCc1cc(OC)ccc1-c1ccc(C[C@H](NC(=O)[C@H](CC(=O)O)CC(=O)[C@H](CO)NC(=O)[C@@H](CC(=O)C(C)(Cc2ccccc2F)NC(=O)[C@@H](CC(=O)CNC(=O)[C@H](CCC(=O)O)CC(=O)C2(C)CCCN2C(=O)CCc2cnc[nH]2)[C@@H](C)O)[C@@H](C)O)C(=O)C[C@@H](Cc2ccc(-c3ccccc3C)nc2)C(N)=O)cc1. The van der Waals surface area contributed by atoms with E-state index in [0.29, 0.717) is 47.5 Å². The molecule has 1 aliphatic rings. The number of ether oxygens (including phenoxy) is 1. The lowest BCUT2D eigenvalue weighted by molar-refractivity contribution is -0.144. The lowest BCUT2D eigenvalue weighted by atomic mass is 9.81. The molecule has 6 amide bonds. The summed E-state index contributed by atoms with van der Waals surface area (Å²) in [5, 5.41) is 62.5. The van der Waals surface area contributed by atoms with Gasteiger partial charge in [-0.2, -0.15) is 0 Å². The van der Waals surface area contributed by atoms with Crippen molar-refractivity contribution in [2.45, 2.75) is 180 Å². The molecule has 7 rings (SSSR count). The highest BCUT2D eigenvalue weighted by atomic mass is 19.1. The number of likely N-dealkylation sites (tertiary alicyclic amines) is 1. The van der Waals surface area contributed by atoms with E-state index in [9.17, 15) is 87.9 Å². The molecule has 2 unspecified atom stereocenters. The predicted octanol–water partition coefficient (Wildman–Crippen LogP) is 5.62. The quantitative estimate of drug-likeness (QED) is 0.0221. The number of nitrogens with zero attached hydrogens (tertiary/aromatic N) is 3. The Kier molecular flexibility index (Phi) is 31.9. The minimum absolute atomic E-state index is 0.0326. The molecule has 12 N–H and O–H groups in total. The molecule has 29 heteroatoms. The minimum atomic E-state index is -2.24. The number of carbonyl (C=O) groups excluding carboxylic acids is 11. The molecule has 0 radical (unpaired) electrons. The van der Waals surface area contributed by atoms with Gasteiger partial charge in [0.15, 0.2) is 28.9 Å². The van der Waals surface area contributed by atoms with Crippen LogP contribution in [0.5, 0.6) is 5.75 Å². The number of carboxylic acids is 2. The number of amides is 6. The van der Waals surface area contributed by atoms with E-state index in [1.165, 1.54) is 29.4 Å². The second-order valence-electron chi connectivity index (χ2n) is 29.0. The average Bonchev–Trinajstić information content (AvgIpc) is 1.71. The summed E-state index contributed by atoms with van der Waals surface area (Å²) in [5.74, 6) is -20.5. The molecule has 1 saturated heterocycles. The fraction of sp³-hybridized carbons (Fsp3) is 0.451. The van der Waals surface area contributed by atoms with E-state index in [1.807, 2.05) is 68.4 Å². The van der Waals surface area contributed by atoms with Crippen LogP contribution in [0.2, 0.25) is 0 Å². The number of aliphatic hydroxyl groups excluding tert-OH is 3. The van der Waals surface area contributed by atoms with Crippen LogP contribution in [0.1, 0.15) is 139 Å². The number of carbonyl (C=O) groups is 13. The Morgan fingerprint density at radius 1 is 0.703 bits per heavy atom. The number of halogens is 1. The van der Waals surface area contributed by atoms with Crippen LogP contribution in [0.15, 0.2) is 122 Å². The number of aromatic nitrogens is 3. The smallest absolute Gasteiger partial charge is 0.304 e. The van der Waals surface area contributed by atoms with Gasteiger partial charge in [0, 0.05) is 93.4 Å². The maximum atomic E-state index is 15.6. The van der Waals surface area contributed by atoms with Crippen molar-refractivity contribution in [1.29, 1.82) is 0 Å². The third kappa shape index (κ3) is 24.5. The molecule has 111 heavy (non-hydrogen) atoms. The van der Waals surface area contributed by atoms with Gasteiger partial charge in [0.2, 0.25) is 35.4 Å². The van der Waals surface area contributed by atoms with Gasteiger partial charge in [0.1, 0.15) is 17.6 Å². The summed E-state index contributed by atoms with van der Waals surface area (Å²) in [5.41, 5.74) is 9.23. The normalized spacial score (nSPS) is 16.3. The van der Waals surface area contributed by atoms with Gasteiger partial charge >= 0.3 is 11.9 Å². The highest BCUT2D eigenvalue weighted by Crippen LogP contribution is 2.35. The second-order valence-corrected chi connectivity index (χ2v) is 29.0. The Morgan fingerprint density at radius 3 is 1.97 bits per heavy atom. The topological polar surface area (TPSA) is 451 Å². The lowest BCUT2D eigenvalue weighted by Crippen LogP contribution is -2.58. The summed E-state index contributed by atoms with van der Waals surface area (Å²) in [4.78, 5) is 193. The first kappa shape index (κ1) is 87.2. The first-order valence-electron chi connectivity index (χ1n) is 37.0. The maximum Gasteiger partial charge on any atom is 0.304 e. The van der Waals surface area contributed by atoms with Crippen LogP contribution in [-0.2, 0) is 94.4 Å². The van der Waals surface area contributed by atoms with Crippen LogP contribution in [0, 0.1) is 42.3 Å². The van der Waals surface area contributed by atoms with Crippen molar-refractivity contribution in [2.75, 3.05) is 26.8 Å². The number of H-pyrrole nitrogens is 1. The first-order chi connectivity index (χ1) is 52.7. The first-order valence-corrected chi connectivity index (χ1v) is 37.0. The number of aryl methyl sites for hydroxylation is 3. The number of methoxy groups -OCH3 is 1. The van der Waals surface area contributed by atoms with Gasteiger partial charge in [0.05, 0.1) is 85.8 Å². The minimum Gasteiger partial charge on any atom is -0.497 e. The molecule has 4 aromatic carbocycles. The fourth-order valence-electron chi connectivity index (χ4n) is 13.9. The molecule has 594 valence electrons. The zero-order chi connectivity index (χ0) is 81.4. The number of nitrogens with two attached hydrogens (primary N) is 1. The van der Waals surface area contributed by atoms with Gasteiger partial charge in [-0.1, -0.05) is 85.8 Å². The number of aliphatic carboxylic acids is 2. The number of hydrogen-bond acceptors (Lipinski definition) is 19. The van der Waals surface area contributed by atoms with E-state index >= 15 is 4.39 Å². The van der Waals surface area contributed by atoms with Crippen LogP contribution < -0.4 is 31.7 Å². The molecule has 3 heterocycles. The van der Waals surface area contributed by atoms with E-state index in [1.54, 1.807) is 50.7 Å². The predicted molar refractivity (Wildman–Crippen MR) is 404 cm³/mol. The van der Waals surface area contributed by atoms with Crippen molar-refractivity contribution in [3.8, 4) is 28.1 Å².